The van der Waals surface area contributed by atoms with E-state index in [-0.39, 0.29) is 18.1 Å². The van der Waals surface area contributed by atoms with Crippen molar-refractivity contribution in [2.75, 3.05) is 17.2 Å². The molecule has 0 spiro atoms. The molecule has 4 N–H and O–H groups in total. The monoisotopic (exact) mass is 345 g/mol. The molecule has 2 heterocycles. The van der Waals surface area contributed by atoms with Crippen molar-refractivity contribution in [2.24, 2.45) is 11.7 Å². The number of anilines is 2. The Morgan fingerprint density at radius 1 is 1.40 bits per heavy atom. The Morgan fingerprint density at radius 2 is 2.08 bits per heavy atom. The lowest BCUT2D eigenvalue weighted by Gasteiger charge is -2.15. The summed E-state index contributed by atoms with van der Waals surface area (Å²) < 4.78 is 19.6. The molecule has 2 atom stereocenters. The highest BCUT2D eigenvalue weighted by Crippen LogP contribution is 2.29. The molecule has 0 aliphatic carbocycles. The van der Waals surface area contributed by atoms with Crippen molar-refractivity contribution in [1.29, 1.82) is 0 Å². The second kappa shape index (κ2) is 6.34. The van der Waals surface area contributed by atoms with Crippen LogP contribution in [-0.2, 0) is 9.53 Å². The number of nitrogens with zero attached hydrogens (tertiary/aromatic N) is 3. The SMILES string of the molecule is C[C@H](C(N)=O)C1CN(c2ccc(-c3cnc(N)nc3)c(F)c2)C(=O)O1. The molecule has 3 rings (SSSR count). The Morgan fingerprint density at radius 3 is 2.68 bits per heavy atom. The average molecular weight is 345 g/mol. The number of hydrogen-bond acceptors (Lipinski definition) is 6. The number of ether oxygens (including phenoxy) is 1. The summed E-state index contributed by atoms with van der Waals surface area (Å²) in [4.78, 5) is 32.2. The smallest absolute Gasteiger partial charge is 0.414 e. The third-order valence-corrected chi connectivity index (χ3v) is 4.09. The molecule has 1 aromatic carbocycles. The first-order valence-electron chi connectivity index (χ1n) is 7.51. The van der Waals surface area contributed by atoms with Crippen LogP contribution in [0.15, 0.2) is 30.6 Å². The summed E-state index contributed by atoms with van der Waals surface area (Å²) in [6.07, 6.45) is 1.50. The van der Waals surface area contributed by atoms with Gasteiger partial charge in [0.15, 0.2) is 0 Å². The highest BCUT2D eigenvalue weighted by atomic mass is 19.1. The maximum absolute atomic E-state index is 14.5. The van der Waals surface area contributed by atoms with Crippen molar-refractivity contribution in [2.45, 2.75) is 13.0 Å². The van der Waals surface area contributed by atoms with Gasteiger partial charge in [0, 0.05) is 23.5 Å². The number of rotatable bonds is 4. The minimum atomic E-state index is -0.668. The summed E-state index contributed by atoms with van der Waals surface area (Å²) in [6, 6.07) is 4.30. The molecule has 1 aliphatic heterocycles. The number of aromatic nitrogens is 2. The quantitative estimate of drug-likeness (QED) is 0.861. The van der Waals surface area contributed by atoms with Crippen LogP contribution in [0.4, 0.5) is 20.8 Å². The van der Waals surface area contributed by atoms with Crippen molar-refractivity contribution in [3.05, 3.63) is 36.4 Å². The molecule has 0 saturated carbocycles. The largest absolute Gasteiger partial charge is 0.443 e. The Bertz CT molecular complexity index is 827. The van der Waals surface area contributed by atoms with E-state index in [1.165, 1.54) is 29.4 Å². The third-order valence-electron chi connectivity index (χ3n) is 4.09. The molecule has 0 bridgehead atoms. The first-order valence-corrected chi connectivity index (χ1v) is 7.51. The van der Waals surface area contributed by atoms with E-state index in [1.54, 1.807) is 13.0 Å². The number of halogens is 1. The Balaban J connectivity index is 1.84. The van der Waals surface area contributed by atoms with E-state index >= 15 is 0 Å². The van der Waals surface area contributed by atoms with Gasteiger partial charge in [0.25, 0.3) is 0 Å². The van der Waals surface area contributed by atoms with Gasteiger partial charge in [-0.1, -0.05) is 0 Å². The minimum absolute atomic E-state index is 0.0928. The van der Waals surface area contributed by atoms with Crippen molar-refractivity contribution >= 4 is 23.6 Å². The number of amides is 2. The zero-order chi connectivity index (χ0) is 18.1. The highest BCUT2D eigenvalue weighted by Gasteiger charge is 2.37. The summed E-state index contributed by atoms with van der Waals surface area (Å²) in [5, 5.41) is 0. The number of benzene rings is 1. The van der Waals surface area contributed by atoms with E-state index in [2.05, 4.69) is 9.97 Å². The van der Waals surface area contributed by atoms with Crippen molar-refractivity contribution < 1.29 is 18.7 Å². The fourth-order valence-electron chi connectivity index (χ4n) is 2.52. The van der Waals surface area contributed by atoms with Gasteiger partial charge >= 0.3 is 6.09 Å². The normalized spacial score (nSPS) is 18.1. The van der Waals surface area contributed by atoms with Crippen LogP contribution in [0.1, 0.15) is 6.92 Å². The molecule has 2 amide bonds. The van der Waals surface area contributed by atoms with Gasteiger partial charge in [0.2, 0.25) is 11.9 Å². The summed E-state index contributed by atoms with van der Waals surface area (Å²) in [6.45, 7) is 1.70. The lowest BCUT2D eigenvalue weighted by atomic mass is 10.0. The van der Waals surface area contributed by atoms with Crippen LogP contribution in [0.2, 0.25) is 0 Å². The molecule has 9 heteroatoms. The van der Waals surface area contributed by atoms with Gasteiger partial charge in [-0.05, 0) is 25.1 Å². The number of primary amides is 1. The summed E-state index contributed by atoms with van der Waals surface area (Å²) in [5.74, 6) is -1.66. The first kappa shape index (κ1) is 16.6. The van der Waals surface area contributed by atoms with E-state index in [0.717, 1.165) is 0 Å². The molecular formula is C16H16FN5O3. The molecule has 130 valence electrons. The van der Waals surface area contributed by atoms with E-state index in [9.17, 15) is 14.0 Å². The second-order valence-electron chi connectivity index (χ2n) is 5.72. The molecule has 1 fully saturated rings. The van der Waals surface area contributed by atoms with Crippen LogP contribution in [0.3, 0.4) is 0 Å². The van der Waals surface area contributed by atoms with Crippen LogP contribution in [0.5, 0.6) is 0 Å². The van der Waals surface area contributed by atoms with Gasteiger partial charge in [-0.25, -0.2) is 19.2 Å². The summed E-state index contributed by atoms with van der Waals surface area (Å²) in [7, 11) is 0. The predicted molar refractivity (Wildman–Crippen MR) is 87.8 cm³/mol. The molecular weight excluding hydrogens is 329 g/mol. The third kappa shape index (κ3) is 3.21. The summed E-state index contributed by atoms with van der Waals surface area (Å²) >= 11 is 0. The van der Waals surface area contributed by atoms with E-state index in [4.69, 9.17) is 16.2 Å². The maximum atomic E-state index is 14.5. The van der Waals surface area contributed by atoms with Gasteiger partial charge < -0.3 is 16.2 Å². The van der Waals surface area contributed by atoms with Crippen LogP contribution >= 0.6 is 0 Å². The summed E-state index contributed by atoms with van der Waals surface area (Å²) in [5.41, 5.74) is 11.7. The van der Waals surface area contributed by atoms with Crippen molar-refractivity contribution in [1.82, 2.24) is 9.97 Å². The highest BCUT2D eigenvalue weighted by molar-refractivity contribution is 5.91. The standard InChI is InChI=1S/C16H16FN5O3/c1-8(14(18)23)13-7-22(16(24)25-13)10-2-3-11(12(17)4-10)9-5-20-15(19)21-6-9/h2-6,8,13H,7H2,1H3,(H2,18,23)(H2,19,20,21)/t8-,13?/m0/s1. The zero-order valence-electron chi connectivity index (χ0n) is 13.3. The predicted octanol–water partition coefficient (Wildman–Crippen LogP) is 1.31. The molecule has 1 unspecified atom stereocenters. The van der Waals surface area contributed by atoms with E-state index in [1.807, 2.05) is 0 Å². The number of carbonyl (C=O) groups excluding carboxylic acids is 2. The molecule has 0 radical (unpaired) electrons. The van der Waals surface area contributed by atoms with Crippen molar-refractivity contribution in [3.8, 4) is 11.1 Å². The minimum Gasteiger partial charge on any atom is -0.443 e. The number of nitrogens with two attached hydrogens (primary N) is 2. The fourth-order valence-corrected chi connectivity index (χ4v) is 2.52. The Hall–Kier alpha value is -3.23. The van der Waals surface area contributed by atoms with E-state index in [0.29, 0.717) is 11.3 Å². The Kier molecular flexibility index (Phi) is 4.22. The number of hydrogen-bond donors (Lipinski definition) is 2. The number of carbonyl (C=O) groups is 2. The first-order chi connectivity index (χ1) is 11.9. The van der Waals surface area contributed by atoms with Crippen LogP contribution < -0.4 is 16.4 Å². The second-order valence-corrected chi connectivity index (χ2v) is 5.72. The van der Waals surface area contributed by atoms with Crippen LogP contribution in [0.25, 0.3) is 11.1 Å². The van der Waals surface area contributed by atoms with Gasteiger partial charge in [-0.2, -0.15) is 0 Å². The molecule has 25 heavy (non-hydrogen) atoms. The number of cyclic esters (lactones) is 1. The molecule has 1 aromatic heterocycles. The zero-order valence-corrected chi connectivity index (χ0v) is 13.3. The lowest BCUT2D eigenvalue weighted by molar-refractivity contribution is -0.123. The molecule has 8 nitrogen and oxygen atoms in total. The van der Waals surface area contributed by atoms with Crippen molar-refractivity contribution in [3.63, 3.8) is 0 Å². The average Bonchev–Trinajstić information content (AvgIpc) is 2.96. The van der Waals surface area contributed by atoms with E-state index < -0.39 is 29.8 Å². The van der Waals surface area contributed by atoms with Gasteiger partial charge in [-0.15, -0.1) is 0 Å². The van der Waals surface area contributed by atoms with Gasteiger partial charge in [0.05, 0.1) is 18.2 Å². The Labute approximate surface area is 142 Å². The van der Waals surface area contributed by atoms with Crippen LogP contribution in [0, 0.1) is 11.7 Å². The molecule has 2 aromatic rings. The number of nitrogen functional groups attached to an aromatic ring is 1. The maximum Gasteiger partial charge on any atom is 0.414 e. The van der Waals surface area contributed by atoms with Crippen LogP contribution in [-0.4, -0.2) is 34.6 Å². The van der Waals surface area contributed by atoms with Gasteiger partial charge in [0.1, 0.15) is 11.9 Å². The van der Waals surface area contributed by atoms with Gasteiger partial charge in [-0.3, -0.25) is 9.69 Å². The fraction of sp³-hybridized carbons (Fsp3) is 0.250. The molecule has 1 aliphatic rings. The molecule has 1 saturated heterocycles. The topological polar surface area (TPSA) is 124 Å². The lowest BCUT2D eigenvalue weighted by Crippen LogP contribution is -2.34.